The van der Waals surface area contributed by atoms with Crippen LogP contribution in [0.4, 0.5) is 0 Å². The number of benzene rings is 2. The Labute approximate surface area is 176 Å². The summed E-state index contributed by atoms with van der Waals surface area (Å²) in [7, 11) is 4.82. The first kappa shape index (κ1) is 21.4. The molecular formula is C24H28N2O4. The van der Waals surface area contributed by atoms with Crippen molar-refractivity contribution >= 4 is 16.7 Å². The summed E-state index contributed by atoms with van der Waals surface area (Å²) in [5.41, 5.74) is 1.35. The van der Waals surface area contributed by atoms with E-state index in [0.717, 1.165) is 5.56 Å². The van der Waals surface area contributed by atoms with Crippen molar-refractivity contribution < 1.29 is 14.3 Å². The Bertz CT molecular complexity index is 1100. The molecule has 0 aliphatic carbocycles. The summed E-state index contributed by atoms with van der Waals surface area (Å²) >= 11 is 0. The highest BCUT2D eigenvalue weighted by Gasteiger charge is 2.21. The molecule has 0 atom stereocenters. The van der Waals surface area contributed by atoms with E-state index in [0.29, 0.717) is 40.9 Å². The zero-order chi connectivity index (χ0) is 21.8. The van der Waals surface area contributed by atoms with Crippen molar-refractivity contribution in [1.29, 1.82) is 0 Å². The maximum absolute atomic E-state index is 13.4. The van der Waals surface area contributed by atoms with Crippen LogP contribution in [0, 0.1) is 5.92 Å². The minimum absolute atomic E-state index is 0.151. The standard InChI is InChI=1S/C24H28N2O4/c1-16(2)13-26-15-20(23(27)25(3)14-17-9-7-6-8-10-17)18-11-21(29-4)22(30-5)12-19(18)24(26)28/h6-12,15-16H,13-14H2,1-5H3. The van der Waals surface area contributed by atoms with Gasteiger partial charge >= 0.3 is 0 Å². The van der Waals surface area contributed by atoms with Gasteiger partial charge in [-0.1, -0.05) is 44.2 Å². The van der Waals surface area contributed by atoms with Gasteiger partial charge in [-0.25, -0.2) is 0 Å². The number of hydrogen-bond donors (Lipinski definition) is 0. The van der Waals surface area contributed by atoms with Crippen molar-refractivity contribution in [3.05, 3.63) is 70.1 Å². The van der Waals surface area contributed by atoms with Crippen molar-refractivity contribution in [2.45, 2.75) is 26.9 Å². The molecule has 0 N–H and O–H groups in total. The van der Waals surface area contributed by atoms with Crippen LogP contribution in [-0.4, -0.2) is 36.6 Å². The second kappa shape index (κ2) is 9.03. The van der Waals surface area contributed by atoms with Crippen molar-refractivity contribution in [3.8, 4) is 11.5 Å². The van der Waals surface area contributed by atoms with Crippen LogP contribution in [0.25, 0.3) is 10.8 Å². The van der Waals surface area contributed by atoms with Gasteiger partial charge in [-0.2, -0.15) is 0 Å². The van der Waals surface area contributed by atoms with E-state index in [1.54, 1.807) is 34.8 Å². The lowest BCUT2D eigenvalue weighted by Gasteiger charge is -2.21. The predicted octanol–water partition coefficient (Wildman–Crippen LogP) is 3.95. The smallest absolute Gasteiger partial charge is 0.258 e. The van der Waals surface area contributed by atoms with Crippen LogP contribution in [0.1, 0.15) is 29.8 Å². The number of hydrogen-bond acceptors (Lipinski definition) is 4. The Kier molecular flexibility index (Phi) is 6.45. The molecule has 6 nitrogen and oxygen atoms in total. The molecule has 3 rings (SSSR count). The molecule has 2 aromatic carbocycles. The lowest BCUT2D eigenvalue weighted by Crippen LogP contribution is -2.30. The van der Waals surface area contributed by atoms with Gasteiger partial charge in [-0.3, -0.25) is 9.59 Å². The lowest BCUT2D eigenvalue weighted by molar-refractivity contribution is 0.0786. The first-order chi connectivity index (χ1) is 14.3. The number of carbonyl (C=O) groups excluding carboxylic acids is 1. The van der Waals surface area contributed by atoms with Gasteiger partial charge in [0, 0.05) is 31.7 Å². The molecule has 0 aliphatic heterocycles. The minimum atomic E-state index is -0.159. The van der Waals surface area contributed by atoms with Crippen molar-refractivity contribution in [2.75, 3.05) is 21.3 Å². The van der Waals surface area contributed by atoms with Crippen molar-refractivity contribution in [2.24, 2.45) is 5.92 Å². The third-order valence-electron chi connectivity index (χ3n) is 4.99. The molecule has 0 radical (unpaired) electrons. The number of fused-ring (bicyclic) bond motifs is 1. The molecule has 0 aliphatic rings. The summed E-state index contributed by atoms with van der Waals surface area (Å²) in [5, 5.41) is 0.995. The summed E-state index contributed by atoms with van der Waals surface area (Å²) in [6.45, 7) is 5.06. The summed E-state index contributed by atoms with van der Waals surface area (Å²) in [4.78, 5) is 28.2. The number of carbonyl (C=O) groups is 1. The normalized spacial score (nSPS) is 11.0. The van der Waals surface area contributed by atoms with Gasteiger partial charge in [0.1, 0.15) is 0 Å². The molecule has 0 unspecified atom stereocenters. The number of nitrogens with zero attached hydrogens (tertiary/aromatic N) is 2. The monoisotopic (exact) mass is 408 g/mol. The number of pyridine rings is 1. The summed E-state index contributed by atoms with van der Waals surface area (Å²) in [6.07, 6.45) is 1.67. The fraction of sp³-hybridized carbons (Fsp3) is 0.333. The van der Waals surface area contributed by atoms with Gasteiger partial charge in [0.25, 0.3) is 11.5 Å². The van der Waals surface area contributed by atoms with Crippen LogP contribution in [0.15, 0.2) is 53.5 Å². The molecule has 0 bridgehead atoms. The highest BCUT2D eigenvalue weighted by atomic mass is 16.5. The third-order valence-corrected chi connectivity index (χ3v) is 4.99. The molecular weight excluding hydrogens is 380 g/mol. The average molecular weight is 408 g/mol. The highest BCUT2D eigenvalue weighted by Crippen LogP contribution is 2.32. The average Bonchev–Trinajstić information content (AvgIpc) is 2.74. The van der Waals surface area contributed by atoms with E-state index in [4.69, 9.17) is 9.47 Å². The van der Waals surface area contributed by atoms with E-state index < -0.39 is 0 Å². The molecule has 0 spiro atoms. The Morgan fingerprint density at radius 3 is 2.20 bits per heavy atom. The van der Waals surface area contributed by atoms with Crippen LogP contribution in [-0.2, 0) is 13.1 Å². The summed E-state index contributed by atoms with van der Waals surface area (Å²) in [6, 6.07) is 13.2. The Morgan fingerprint density at radius 1 is 1.03 bits per heavy atom. The third kappa shape index (κ3) is 4.32. The van der Waals surface area contributed by atoms with Gasteiger partial charge in [-0.05, 0) is 23.6 Å². The second-order valence-corrected chi connectivity index (χ2v) is 7.79. The first-order valence-electron chi connectivity index (χ1n) is 9.94. The van der Waals surface area contributed by atoms with Gasteiger partial charge in [0.2, 0.25) is 0 Å². The van der Waals surface area contributed by atoms with E-state index >= 15 is 0 Å². The van der Waals surface area contributed by atoms with Crippen molar-refractivity contribution in [3.63, 3.8) is 0 Å². The number of amides is 1. The van der Waals surface area contributed by atoms with Crippen LogP contribution < -0.4 is 15.0 Å². The molecule has 6 heteroatoms. The maximum Gasteiger partial charge on any atom is 0.258 e. The topological polar surface area (TPSA) is 60.8 Å². The fourth-order valence-electron chi connectivity index (χ4n) is 3.55. The molecule has 0 saturated heterocycles. The molecule has 0 fully saturated rings. The van der Waals surface area contributed by atoms with E-state index in [2.05, 4.69) is 0 Å². The second-order valence-electron chi connectivity index (χ2n) is 7.79. The van der Waals surface area contributed by atoms with Gasteiger partial charge in [0.05, 0.1) is 25.2 Å². The maximum atomic E-state index is 13.4. The number of aromatic nitrogens is 1. The van der Waals surface area contributed by atoms with Crippen LogP contribution in [0.3, 0.4) is 0 Å². The quantitative estimate of drug-likeness (QED) is 0.594. The van der Waals surface area contributed by atoms with E-state index in [1.165, 1.54) is 14.2 Å². The van der Waals surface area contributed by atoms with Crippen LogP contribution in [0.5, 0.6) is 11.5 Å². The number of methoxy groups -OCH3 is 2. The predicted molar refractivity (Wildman–Crippen MR) is 118 cm³/mol. The fourth-order valence-corrected chi connectivity index (χ4v) is 3.55. The molecule has 1 aromatic heterocycles. The minimum Gasteiger partial charge on any atom is -0.493 e. The van der Waals surface area contributed by atoms with Crippen LogP contribution >= 0.6 is 0 Å². The molecule has 1 heterocycles. The van der Waals surface area contributed by atoms with Crippen molar-refractivity contribution in [1.82, 2.24) is 9.47 Å². The summed E-state index contributed by atoms with van der Waals surface area (Å²) < 4.78 is 12.4. The SMILES string of the molecule is COc1cc2c(C(=O)N(C)Cc3ccccc3)cn(CC(C)C)c(=O)c2cc1OC. The van der Waals surface area contributed by atoms with Gasteiger partial charge in [-0.15, -0.1) is 0 Å². The number of ether oxygens (including phenoxy) is 2. The Morgan fingerprint density at radius 2 is 1.63 bits per heavy atom. The Balaban J connectivity index is 2.16. The lowest BCUT2D eigenvalue weighted by atomic mass is 10.0. The molecule has 30 heavy (non-hydrogen) atoms. The zero-order valence-corrected chi connectivity index (χ0v) is 18.1. The van der Waals surface area contributed by atoms with E-state index in [-0.39, 0.29) is 17.4 Å². The molecule has 1 amide bonds. The van der Waals surface area contributed by atoms with Gasteiger partial charge in [0.15, 0.2) is 11.5 Å². The van der Waals surface area contributed by atoms with E-state index in [9.17, 15) is 9.59 Å². The summed E-state index contributed by atoms with van der Waals surface area (Å²) in [5.74, 6) is 1.03. The van der Waals surface area contributed by atoms with Gasteiger partial charge < -0.3 is 18.9 Å². The first-order valence-corrected chi connectivity index (χ1v) is 9.94. The molecule has 0 saturated carbocycles. The van der Waals surface area contributed by atoms with E-state index in [1.807, 2.05) is 44.2 Å². The number of rotatable bonds is 7. The highest BCUT2D eigenvalue weighted by molar-refractivity contribution is 6.07. The molecule has 158 valence electrons. The Hall–Kier alpha value is -3.28. The zero-order valence-electron chi connectivity index (χ0n) is 18.1. The largest absolute Gasteiger partial charge is 0.493 e. The molecule has 3 aromatic rings. The van der Waals surface area contributed by atoms with Crippen LogP contribution in [0.2, 0.25) is 0 Å².